The van der Waals surface area contributed by atoms with Crippen molar-refractivity contribution in [2.75, 3.05) is 13.4 Å². The molecule has 13 heavy (non-hydrogen) atoms. The predicted octanol–water partition coefficient (Wildman–Crippen LogP) is 1.73. The Kier molecular flexibility index (Phi) is 3.25. The van der Waals surface area contributed by atoms with Crippen LogP contribution >= 0.6 is 11.8 Å². The second-order valence-electron chi connectivity index (χ2n) is 2.20. The summed E-state index contributed by atoms with van der Waals surface area (Å²) in [7, 11) is 1.21. The number of esters is 1. The Morgan fingerprint density at radius 1 is 1.69 bits per heavy atom. The fourth-order valence-corrected chi connectivity index (χ4v) is 1.19. The van der Waals surface area contributed by atoms with E-state index in [1.807, 2.05) is 0 Å². The molecule has 0 fully saturated rings. The fraction of sp³-hybridized carbons (Fsp3) is 0.250. The first kappa shape index (κ1) is 9.98. The molecule has 1 aromatic rings. The number of hydrogen-bond acceptors (Lipinski definition) is 4. The van der Waals surface area contributed by atoms with Crippen molar-refractivity contribution in [3.63, 3.8) is 0 Å². The predicted molar refractivity (Wildman–Crippen MR) is 47.3 cm³/mol. The Morgan fingerprint density at radius 2 is 2.38 bits per heavy atom. The normalized spacial score (nSPS) is 9.77. The summed E-state index contributed by atoms with van der Waals surface area (Å²) >= 11 is 1.33. The molecule has 0 radical (unpaired) electrons. The summed E-state index contributed by atoms with van der Waals surface area (Å²) in [6.45, 7) is 0. The molecule has 3 nitrogen and oxygen atoms in total. The van der Waals surface area contributed by atoms with E-state index in [1.165, 1.54) is 24.9 Å². The monoisotopic (exact) mass is 201 g/mol. The van der Waals surface area contributed by atoms with Gasteiger partial charge in [-0.05, 0) is 12.3 Å². The van der Waals surface area contributed by atoms with E-state index >= 15 is 0 Å². The number of halogens is 1. The molecule has 0 aliphatic carbocycles. The minimum Gasteiger partial charge on any atom is -0.465 e. The van der Waals surface area contributed by atoms with Gasteiger partial charge < -0.3 is 4.74 Å². The maximum atomic E-state index is 13.0. The Balaban J connectivity index is 3.11. The zero-order valence-electron chi connectivity index (χ0n) is 7.20. The lowest BCUT2D eigenvalue weighted by atomic mass is 10.2. The third-order valence-electron chi connectivity index (χ3n) is 1.44. The number of hydrogen-bond donors (Lipinski definition) is 0. The quantitative estimate of drug-likeness (QED) is 0.539. The van der Waals surface area contributed by atoms with Gasteiger partial charge in [0, 0.05) is 0 Å². The van der Waals surface area contributed by atoms with E-state index in [0.717, 1.165) is 6.20 Å². The van der Waals surface area contributed by atoms with Gasteiger partial charge in [0.15, 0.2) is 5.82 Å². The highest BCUT2D eigenvalue weighted by molar-refractivity contribution is 7.98. The number of carbonyl (C=O) groups is 1. The molecule has 1 aromatic heterocycles. The van der Waals surface area contributed by atoms with Crippen molar-refractivity contribution in [3.05, 3.63) is 23.6 Å². The largest absolute Gasteiger partial charge is 0.465 e. The van der Waals surface area contributed by atoms with E-state index in [1.54, 1.807) is 6.26 Å². The smallest absolute Gasteiger partial charge is 0.341 e. The van der Waals surface area contributed by atoms with Crippen LogP contribution in [0.5, 0.6) is 0 Å². The molecule has 0 aliphatic heterocycles. The van der Waals surface area contributed by atoms with Crippen molar-refractivity contribution in [1.29, 1.82) is 0 Å². The highest BCUT2D eigenvalue weighted by Crippen LogP contribution is 2.15. The number of thioether (sulfide) groups is 1. The Labute approximate surface area is 79.3 Å². The molecule has 70 valence electrons. The molecule has 0 saturated heterocycles. The molecular formula is C8H8FNO2S. The van der Waals surface area contributed by atoms with Crippen LogP contribution in [0.15, 0.2) is 17.3 Å². The summed E-state index contributed by atoms with van der Waals surface area (Å²) in [6, 6.07) is 1.37. The first-order valence-electron chi connectivity index (χ1n) is 3.47. The van der Waals surface area contributed by atoms with Crippen LogP contribution in [-0.2, 0) is 4.74 Å². The van der Waals surface area contributed by atoms with Crippen LogP contribution in [0.1, 0.15) is 10.4 Å². The summed E-state index contributed by atoms with van der Waals surface area (Å²) in [5.41, 5.74) is -0.0816. The van der Waals surface area contributed by atoms with E-state index in [9.17, 15) is 9.18 Å². The summed E-state index contributed by atoms with van der Waals surface area (Å²) in [5.74, 6) is -1.35. The number of pyridine rings is 1. The lowest BCUT2D eigenvalue weighted by Gasteiger charge is -2.01. The van der Waals surface area contributed by atoms with Gasteiger partial charge in [0.25, 0.3) is 0 Å². The van der Waals surface area contributed by atoms with Gasteiger partial charge in [0.05, 0.1) is 23.9 Å². The van der Waals surface area contributed by atoms with E-state index < -0.39 is 11.8 Å². The lowest BCUT2D eigenvalue weighted by Crippen LogP contribution is -2.05. The van der Waals surface area contributed by atoms with E-state index in [4.69, 9.17) is 0 Å². The van der Waals surface area contributed by atoms with Gasteiger partial charge >= 0.3 is 5.97 Å². The summed E-state index contributed by atoms with van der Waals surface area (Å²) in [6.07, 6.45) is 2.80. The average Bonchev–Trinajstić information content (AvgIpc) is 2.17. The standard InChI is InChI=1S/C8H8FNO2S/c1-12-8(11)5-3-7(13-2)10-4-6(5)9/h3-4H,1-2H3. The first-order chi connectivity index (χ1) is 6.19. The topological polar surface area (TPSA) is 39.2 Å². The van der Waals surface area contributed by atoms with Crippen LogP contribution in [0, 0.1) is 5.82 Å². The fourth-order valence-electron chi connectivity index (χ4n) is 0.798. The molecule has 0 amide bonds. The molecule has 0 unspecified atom stereocenters. The molecule has 0 N–H and O–H groups in total. The number of ether oxygens (including phenoxy) is 1. The van der Waals surface area contributed by atoms with E-state index in [-0.39, 0.29) is 5.56 Å². The number of rotatable bonds is 2. The van der Waals surface area contributed by atoms with E-state index in [0.29, 0.717) is 5.03 Å². The minimum absolute atomic E-state index is 0.0816. The van der Waals surface area contributed by atoms with Crippen LogP contribution in [0.2, 0.25) is 0 Å². The van der Waals surface area contributed by atoms with Crippen molar-refractivity contribution >= 4 is 17.7 Å². The summed E-state index contributed by atoms with van der Waals surface area (Å²) < 4.78 is 17.4. The highest BCUT2D eigenvalue weighted by Gasteiger charge is 2.12. The summed E-state index contributed by atoms with van der Waals surface area (Å²) in [5, 5.41) is 0.585. The highest BCUT2D eigenvalue weighted by atomic mass is 32.2. The van der Waals surface area contributed by atoms with Crippen molar-refractivity contribution in [2.45, 2.75) is 5.03 Å². The zero-order chi connectivity index (χ0) is 9.84. The molecule has 0 atom stereocenters. The maximum Gasteiger partial charge on any atom is 0.341 e. The van der Waals surface area contributed by atoms with Crippen molar-refractivity contribution in [2.24, 2.45) is 0 Å². The molecule has 0 aromatic carbocycles. The Bertz CT molecular complexity index is 330. The molecule has 0 saturated carbocycles. The van der Waals surface area contributed by atoms with Gasteiger partial charge in [0.1, 0.15) is 0 Å². The van der Waals surface area contributed by atoms with Crippen LogP contribution in [0.4, 0.5) is 4.39 Å². The van der Waals surface area contributed by atoms with Gasteiger partial charge in [-0.25, -0.2) is 14.2 Å². The van der Waals surface area contributed by atoms with Crippen molar-refractivity contribution in [3.8, 4) is 0 Å². The van der Waals surface area contributed by atoms with Crippen LogP contribution < -0.4 is 0 Å². The number of aromatic nitrogens is 1. The van der Waals surface area contributed by atoms with Gasteiger partial charge in [0.2, 0.25) is 0 Å². The van der Waals surface area contributed by atoms with Crippen molar-refractivity contribution < 1.29 is 13.9 Å². The van der Waals surface area contributed by atoms with E-state index in [2.05, 4.69) is 9.72 Å². The molecular weight excluding hydrogens is 193 g/mol. The van der Waals surface area contributed by atoms with Crippen molar-refractivity contribution in [1.82, 2.24) is 4.98 Å². The molecule has 5 heteroatoms. The lowest BCUT2D eigenvalue weighted by molar-refractivity contribution is 0.0595. The van der Waals surface area contributed by atoms with Crippen LogP contribution in [-0.4, -0.2) is 24.3 Å². The molecule has 0 bridgehead atoms. The first-order valence-corrected chi connectivity index (χ1v) is 4.69. The number of carbonyl (C=O) groups excluding carboxylic acids is 1. The third kappa shape index (κ3) is 2.18. The SMILES string of the molecule is COC(=O)c1cc(SC)ncc1F. The van der Waals surface area contributed by atoms with Gasteiger partial charge in [-0.3, -0.25) is 0 Å². The molecule has 0 aliphatic rings. The van der Waals surface area contributed by atoms with Gasteiger partial charge in [-0.2, -0.15) is 0 Å². The second kappa shape index (κ2) is 4.23. The average molecular weight is 201 g/mol. The Hall–Kier alpha value is -1.10. The second-order valence-corrected chi connectivity index (χ2v) is 3.02. The summed E-state index contributed by atoms with van der Waals surface area (Å²) in [4.78, 5) is 14.8. The molecule has 1 heterocycles. The molecule has 0 spiro atoms. The Morgan fingerprint density at radius 3 is 2.92 bits per heavy atom. The maximum absolute atomic E-state index is 13.0. The van der Waals surface area contributed by atoms with Crippen LogP contribution in [0.3, 0.4) is 0 Å². The minimum atomic E-state index is -0.685. The third-order valence-corrected chi connectivity index (χ3v) is 2.09. The van der Waals surface area contributed by atoms with Gasteiger partial charge in [-0.1, -0.05) is 0 Å². The van der Waals surface area contributed by atoms with Crippen LogP contribution in [0.25, 0.3) is 0 Å². The zero-order valence-corrected chi connectivity index (χ0v) is 8.02. The number of methoxy groups -OCH3 is 1. The number of nitrogens with zero attached hydrogens (tertiary/aromatic N) is 1. The molecule has 1 rings (SSSR count). The van der Waals surface area contributed by atoms with Gasteiger partial charge in [-0.15, -0.1) is 11.8 Å².